The summed E-state index contributed by atoms with van der Waals surface area (Å²) in [5.41, 5.74) is 10.0. The molecular formula is C24H37NO. The highest BCUT2D eigenvalue weighted by Gasteiger charge is 2.26. The van der Waals surface area contributed by atoms with Crippen LogP contribution in [0, 0.1) is 5.92 Å². The number of allylic oxidation sites excluding steroid dienone is 4. The van der Waals surface area contributed by atoms with Gasteiger partial charge in [-0.05, 0) is 73.8 Å². The molecule has 1 aromatic carbocycles. The first-order valence-electron chi connectivity index (χ1n) is 9.75. The van der Waals surface area contributed by atoms with E-state index < -0.39 is 0 Å². The van der Waals surface area contributed by atoms with Gasteiger partial charge in [-0.25, -0.2) is 0 Å². The number of ether oxygens (including phenoxy) is 1. The van der Waals surface area contributed by atoms with Crippen LogP contribution in [0.2, 0.25) is 0 Å². The molecule has 1 atom stereocenters. The maximum atomic E-state index is 5.90. The van der Waals surface area contributed by atoms with E-state index in [1.165, 1.54) is 33.5 Å². The van der Waals surface area contributed by atoms with Crippen LogP contribution in [0.25, 0.3) is 0 Å². The first kappa shape index (κ1) is 20.6. The molecule has 1 aliphatic carbocycles. The van der Waals surface area contributed by atoms with E-state index in [2.05, 4.69) is 79.6 Å². The van der Waals surface area contributed by atoms with E-state index >= 15 is 0 Å². The van der Waals surface area contributed by atoms with Crippen molar-refractivity contribution in [2.24, 2.45) is 5.92 Å². The number of methoxy groups -OCH3 is 1. The molecule has 0 amide bonds. The van der Waals surface area contributed by atoms with Gasteiger partial charge < -0.3 is 9.64 Å². The monoisotopic (exact) mass is 355 g/mol. The zero-order valence-electron chi connectivity index (χ0n) is 18.5. The molecule has 1 aromatic rings. The number of nitrogens with zero attached hydrogens (tertiary/aromatic N) is 1. The number of anilines is 1. The molecule has 2 heteroatoms. The number of hydrogen-bond acceptors (Lipinski definition) is 2. The Kier molecular flexibility index (Phi) is 5.95. The fraction of sp³-hybridized carbons (Fsp3) is 0.583. The first-order valence-corrected chi connectivity index (χ1v) is 9.75. The molecule has 26 heavy (non-hydrogen) atoms. The molecule has 144 valence electrons. The van der Waals surface area contributed by atoms with Crippen molar-refractivity contribution in [3.05, 3.63) is 45.6 Å². The lowest BCUT2D eigenvalue weighted by Gasteiger charge is -2.27. The fourth-order valence-corrected chi connectivity index (χ4v) is 4.03. The van der Waals surface area contributed by atoms with Crippen molar-refractivity contribution in [1.82, 2.24) is 0 Å². The molecule has 0 spiro atoms. The summed E-state index contributed by atoms with van der Waals surface area (Å²) < 4.78 is 5.90. The molecule has 0 heterocycles. The van der Waals surface area contributed by atoms with E-state index in [-0.39, 0.29) is 5.41 Å². The second-order valence-electron chi connectivity index (χ2n) is 9.01. The molecule has 0 aromatic heterocycles. The SMILES string of the molecule is COc1c(CCC2=C(C)C(C)=C(C)C2C)cc(N(C)C)cc1C(C)(C)C. The number of aryl methyl sites for hydroxylation is 1. The standard InChI is InChI=1S/C24H37NO/c1-15-16(2)18(4)21(17(15)3)12-11-19-13-20(25(8)9)14-22(23(19)26-10)24(5,6)7/h13-14,17H,11-12H2,1-10H3. The predicted octanol–water partition coefficient (Wildman–Crippen LogP) is 6.29. The van der Waals surface area contributed by atoms with Crippen LogP contribution in [0.3, 0.4) is 0 Å². The third kappa shape index (κ3) is 3.84. The number of benzene rings is 1. The van der Waals surface area contributed by atoms with Crippen molar-refractivity contribution in [3.63, 3.8) is 0 Å². The van der Waals surface area contributed by atoms with Gasteiger partial charge in [-0.2, -0.15) is 0 Å². The second kappa shape index (κ2) is 7.50. The van der Waals surface area contributed by atoms with Crippen LogP contribution in [0.15, 0.2) is 34.4 Å². The summed E-state index contributed by atoms with van der Waals surface area (Å²) in [6.07, 6.45) is 2.12. The Hall–Kier alpha value is -1.70. The largest absolute Gasteiger partial charge is 0.496 e. The summed E-state index contributed by atoms with van der Waals surface area (Å²) in [6.45, 7) is 16.0. The van der Waals surface area contributed by atoms with Gasteiger partial charge >= 0.3 is 0 Å². The highest BCUT2D eigenvalue weighted by molar-refractivity contribution is 5.59. The van der Waals surface area contributed by atoms with Gasteiger partial charge in [0.2, 0.25) is 0 Å². The minimum absolute atomic E-state index is 0.0523. The summed E-state index contributed by atoms with van der Waals surface area (Å²) >= 11 is 0. The highest BCUT2D eigenvalue weighted by atomic mass is 16.5. The Bertz CT molecular complexity index is 744. The van der Waals surface area contributed by atoms with Gasteiger partial charge in [0.15, 0.2) is 0 Å². The lowest BCUT2D eigenvalue weighted by Crippen LogP contribution is -2.17. The molecule has 0 saturated heterocycles. The van der Waals surface area contributed by atoms with Gasteiger partial charge in [-0.3, -0.25) is 0 Å². The van der Waals surface area contributed by atoms with E-state index in [1.54, 1.807) is 5.57 Å². The molecule has 1 unspecified atom stereocenters. The van der Waals surface area contributed by atoms with E-state index in [9.17, 15) is 0 Å². The van der Waals surface area contributed by atoms with Crippen molar-refractivity contribution in [1.29, 1.82) is 0 Å². The van der Waals surface area contributed by atoms with Crippen LogP contribution >= 0.6 is 0 Å². The van der Waals surface area contributed by atoms with Crippen molar-refractivity contribution in [3.8, 4) is 5.75 Å². The van der Waals surface area contributed by atoms with Crippen LogP contribution < -0.4 is 9.64 Å². The summed E-state index contributed by atoms with van der Waals surface area (Å²) in [6, 6.07) is 4.58. The first-order chi connectivity index (χ1) is 12.0. The van der Waals surface area contributed by atoms with Crippen LogP contribution in [0.1, 0.15) is 66.0 Å². The van der Waals surface area contributed by atoms with Crippen molar-refractivity contribution >= 4 is 5.69 Å². The number of hydrogen-bond donors (Lipinski definition) is 0. The highest BCUT2D eigenvalue weighted by Crippen LogP contribution is 2.41. The molecule has 0 fully saturated rings. The van der Waals surface area contributed by atoms with Crippen LogP contribution in [-0.4, -0.2) is 21.2 Å². The van der Waals surface area contributed by atoms with Crippen molar-refractivity contribution in [2.45, 2.75) is 66.7 Å². The third-order valence-corrected chi connectivity index (χ3v) is 6.15. The zero-order valence-corrected chi connectivity index (χ0v) is 18.5. The number of rotatable bonds is 5. The Labute approximate surface area is 160 Å². The predicted molar refractivity (Wildman–Crippen MR) is 115 cm³/mol. The smallest absolute Gasteiger partial charge is 0.125 e. The van der Waals surface area contributed by atoms with E-state index in [1.807, 2.05) is 7.11 Å². The van der Waals surface area contributed by atoms with E-state index in [0.29, 0.717) is 5.92 Å². The lowest BCUT2D eigenvalue weighted by molar-refractivity contribution is 0.392. The maximum Gasteiger partial charge on any atom is 0.125 e. The quantitative estimate of drug-likeness (QED) is 0.615. The van der Waals surface area contributed by atoms with Crippen LogP contribution in [0.5, 0.6) is 5.75 Å². The molecule has 0 radical (unpaired) electrons. The molecule has 2 rings (SSSR count). The minimum atomic E-state index is 0.0523. The third-order valence-electron chi connectivity index (χ3n) is 6.15. The Balaban J connectivity index is 2.42. The molecular weight excluding hydrogens is 318 g/mol. The van der Waals surface area contributed by atoms with Crippen molar-refractivity contribution < 1.29 is 4.74 Å². The Morgan fingerprint density at radius 1 is 1.00 bits per heavy atom. The van der Waals surface area contributed by atoms with Crippen LogP contribution in [-0.2, 0) is 11.8 Å². The zero-order chi connectivity index (χ0) is 19.8. The van der Waals surface area contributed by atoms with Gasteiger partial charge in [-0.1, -0.05) is 38.8 Å². The summed E-state index contributed by atoms with van der Waals surface area (Å²) in [4.78, 5) is 2.19. The van der Waals surface area contributed by atoms with Crippen LogP contribution in [0.4, 0.5) is 5.69 Å². The Morgan fingerprint density at radius 2 is 1.62 bits per heavy atom. The Morgan fingerprint density at radius 3 is 2.04 bits per heavy atom. The molecule has 0 bridgehead atoms. The lowest BCUT2D eigenvalue weighted by atomic mass is 9.83. The van der Waals surface area contributed by atoms with Gasteiger partial charge in [0.25, 0.3) is 0 Å². The van der Waals surface area contributed by atoms with Crippen molar-refractivity contribution in [2.75, 3.05) is 26.1 Å². The maximum absolute atomic E-state index is 5.90. The molecule has 1 aliphatic rings. The molecule has 0 N–H and O–H groups in total. The second-order valence-corrected chi connectivity index (χ2v) is 9.01. The van der Waals surface area contributed by atoms with Gasteiger partial charge in [0.1, 0.15) is 5.75 Å². The van der Waals surface area contributed by atoms with E-state index in [0.717, 1.165) is 18.6 Å². The minimum Gasteiger partial charge on any atom is -0.496 e. The molecule has 2 nitrogen and oxygen atoms in total. The van der Waals surface area contributed by atoms with Gasteiger partial charge in [-0.15, -0.1) is 0 Å². The molecule has 0 aliphatic heterocycles. The normalized spacial score (nSPS) is 18.0. The van der Waals surface area contributed by atoms with Gasteiger partial charge in [0.05, 0.1) is 7.11 Å². The average molecular weight is 356 g/mol. The molecule has 0 saturated carbocycles. The van der Waals surface area contributed by atoms with Gasteiger partial charge in [0, 0.05) is 25.3 Å². The summed E-state index contributed by atoms with van der Waals surface area (Å²) in [5.74, 6) is 1.63. The summed E-state index contributed by atoms with van der Waals surface area (Å²) in [7, 11) is 6.03. The topological polar surface area (TPSA) is 12.5 Å². The summed E-state index contributed by atoms with van der Waals surface area (Å²) in [5, 5.41) is 0. The average Bonchev–Trinajstić information content (AvgIpc) is 2.74. The van der Waals surface area contributed by atoms with E-state index in [4.69, 9.17) is 4.74 Å². The fourth-order valence-electron chi connectivity index (χ4n) is 4.03.